The molecule has 1 saturated heterocycles. The first-order valence-corrected chi connectivity index (χ1v) is 7.62. The average Bonchev–Trinajstić information content (AvgIpc) is 2.42. The van der Waals surface area contributed by atoms with Crippen LogP contribution in [0.1, 0.15) is 29.7 Å². The van der Waals surface area contributed by atoms with E-state index in [0.717, 1.165) is 11.0 Å². The van der Waals surface area contributed by atoms with Crippen molar-refractivity contribution in [2.45, 2.75) is 32.9 Å². The Hall–Kier alpha value is -0.420. The summed E-state index contributed by atoms with van der Waals surface area (Å²) in [4.78, 5) is 0. The second kappa shape index (κ2) is 6.84. The van der Waals surface area contributed by atoms with Gasteiger partial charge in [-0.2, -0.15) is 0 Å². The van der Waals surface area contributed by atoms with Gasteiger partial charge in [-0.1, -0.05) is 28.9 Å². The van der Waals surface area contributed by atoms with E-state index in [1.54, 1.807) is 0 Å². The predicted molar refractivity (Wildman–Crippen MR) is 80.6 cm³/mol. The Morgan fingerprint density at radius 1 is 1.32 bits per heavy atom. The molecule has 2 atom stereocenters. The van der Waals surface area contributed by atoms with Gasteiger partial charge in [0.1, 0.15) is 6.10 Å². The molecule has 0 aromatic heterocycles. The molecule has 0 saturated carbocycles. The smallest absolute Gasteiger partial charge is 0.100 e. The van der Waals surface area contributed by atoms with Gasteiger partial charge in [0.2, 0.25) is 0 Å². The van der Waals surface area contributed by atoms with E-state index in [4.69, 9.17) is 9.47 Å². The second-order valence-corrected chi connectivity index (χ2v) is 5.83. The maximum Gasteiger partial charge on any atom is 0.100 e. The van der Waals surface area contributed by atoms with Gasteiger partial charge >= 0.3 is 0 Å². The Morgan fingerprint density at radius 3 is 2.74 bits per heavy atom. The summed E-state index contributed by atoms with van der Waals surface area (Å²) in [5.41, 5.74) is 3.83. The van der Waals surface area contributed by atoms with Gasteiger partial charge in [-0.3, -0.25) is 0 Å². The number of rotatable bonds is 4. The molecule has 1 aliphatic heterocycles. The average molecular weight is 328 g/mol. The van der Waals surface area contributed by atoms with Crippen molar-refractivity contribution in [1.29, 1.82) is 0 Å². The van der Waals surface area contributed by atoms with Crippen LogP contribution >= 0.6 is 15.9 Å². The fourth-order valence-corrected chi connectivity index (χ4v) is 2.96. The Labute approximate surface area is 123 Å². The van der Waals surface area contributed by atoms with Crippen LogP contribution in [-0.2, 0) is 9.47 Å². The molecule has 1 fully saturated rings. The molecule has 0 aliphatic carbocycles. The van der Waals surface area contributed by atoms with E-state index in [2.05, 4.69) is 54.2 Å². The highest BCUT2D eigenvalue weighted by Gasteiger charge is 2.27. The molecule has 3 nitrogen and oxygen atoms in total. The SMILES string of the molecule is CCNC(c1cc(C)c(Br)cc1C)C1COCCO1. The zero-order valence-corrected chi connectivity index (χ0v) is 13.4. The number of nitrogens with one attached hydrogen (secondary N) is 1. The van der Waals surface area contributed by atoms with Gasteiger partial charge in [0.05, 0.1) is 25.9 Å². The van der Waals surface area contributed by atoms with Crippen LogP contribution in [0, 0.1) is 13.8 Å². The van der Waals surface area contributed by atoms with Crippen LogP contribution in [0.5, 0.6) is 0 Å². The number of likely N-dealkylation sites (N-methyl/N-ethyl adjacent to an activating group) is 1. The molecule has 1 N–H and O–H groups in total. The lowest BCUT2D eigenvalue weighted by Gasteiger charge is -2.32. The zero-order chi connectivity index (χ0) is 13.8. The number of benzene rings is 1. The maximum atomic E-state index is 5.87. The molecule has 0 amide bonds. The molecule has 0 bridgehead atoms. The van der Waals surface area contributed by atoms with Crippen LogP contribution < -0.4 is 5.32 Å². The first kappa shape index (κ1) is 15.0. The van der Waals surface area contributed by atoms with Gasteiger partial charge in [0, 0.05) is 4.47 Å². The molecule has 1 aromatic rings. The lowest BCUT2D eigenvalue weighted by atomic mass is 9.95. The van der Waals surface area contributed by atoms with Crippen molar-refractivity contribution in [1.82, 2.24) is 5.32 Å². The summed E-state index contributed by atoms with van der Waals surface area (Å²) in [6.07, 6.45) is 0.0907. The normalized spacial score (nSPS) is 21.4. The van der Waals surface area contributed by atoms with Gasteiger partial charge in [-0.25, -0.2) is 0 Å². The first-order valence-electron chi connectivity index (χ1n) is 6.83. The monoisotopic (exact) mass is 327 g/mol. The summed E-state index contributed by atoms with van der Waals surface area (Å²) < 4.78 is 12.6. The predicted octanol–water partition coefficient (Wildman–Crippen LogP) is 3.13. The van der Waals surface area contributed by atoms with Gasteiger partial charge < -0.3 is 14.8 Å². The minimum Gasteiger partial charge on any atom is -0.376 e. The highest BCUT2D eigenvalue weighted by Crippen LogP contribution is 2.29. The molecule has 106 valence electrons. The van der Waals surface area contributed by atoms with Crippen molar-refractivity contribution in [3.8, 4) is 0 Å². The fraction of sp³-hybridized carbons (Fsp3) is 0.600. The highest BCUT2D eigenvalue weighted by atomic mass is 79.9. The molecule has 0 radical (unpaired) electrons. The van der Waals surface area contributed by atoms with E-state index >= 15 is 0 Å². The summed E-state index contributed by atoms with van der Waals surface area (Å²) in [5.74, 6) is 0. The van der Waals surface area contributed by atoms with Crippen molar-refractivity contribution < 1.29 is 9.47 Å². The Kier molecular flexibility index (Phi) is 5.39. The first-order chi connectivity index (χ1) is 9.13. The summed E-state index contributed by atoms with van der Waals surface area (Å²) in [6, 6.07) is 4.61. The topological polar surface area (TPSA) is 30.5 Å². The molecular weight excluding hydrogens is 306 g/mol. The molecule has 1 heterocycles. The van der Waals surface area contributed by atoms with Crippen molar-refractivity contribution in [3.05, 3.63) is 33.3 Å². The van der Waals surface area contributed by atoms with E-state index in [-0.39, 0.29) is 12.1 Å². The van der Waals surface area contributed by atoms with Crippen molar-refractivity contribution >= 4 is 15.9 Å². The molecule has 0 spiro atoms. The standard InChI is InChI=1S/C15H22BrNO2/c1-4-17-15(14-9-18-5-6-19-14)12-7-11(3)13(16)8-10(12)2/h7-8,14-15,17H,4-6,9H2,1-3H3. The second-order valence-electron chi connectivity index (χ2n) is 4.98. The van der Waals surface area contributed by atoms with E-state index in [1.165, 1.54) is 16.7 Å². The third-order valence-electron chi connectivity index (χ3n) is 3.52. The molecule has 2 unspecified atom stereocenters. The Balaban J connectivity index is 2.29. The summed E-state index contributed by atoms with van der Waals surface area (Å²) in [5, 5.41) is 3.54. The van der Waals surface area contributed by atoms with Gasteiger partial charge in [-0.15, -0.1) is 0 Å². The van der Waals surface area contributed by atoms with E-state index in [9.17, 15) is 0 Å². The van der Waals surface area contributed by atoms with Crippen molar-refractivity contribution in [3.63, 3.8) is 0 Å². The van der Waals surface area contributed by atoms with Crippen LogP contribution in [0.4, 0.5) is 0 Å². The number of hydrogen-bond donors (Lipinski definition) is 1. The Bertz CT molecular complexity index is 430. The molecule has 19 heavy (non-hydrogen) atoms. The fourth-order valence-electron chi connectivity index (χ4n) is 2.50. The van der Waals surface area contributed by atoms with Gasteiger partial charge in [-0.05, 0) is 43.1 Å². The molecule has 2 rings (SSSR count). The minimum atomic E-state index is 0.0907. The highest BCUT2D eigenvalue weighted by molar-refractivity contribution is 9.10. The third-order valence-corrected chi connectivity index (χ3v) is 4.37. The number of ether oxygens (including phenoxy) is 2. The summed E-state index contributed by atoms with van der Waals surface area (Å²) in [7, 11) is 0. The molecule has 1 aliphatic rings. The van der Waals surface area contributed by atoms with Crippen molar-refractivity contribution in [2.24, 2.45) is 0 Å². The Morgan fingerprint density at radius 2 is 2.11 bits per heavy atom. The van der Waals surface area contributed by atoms with Crippen LogP contribution in [0.25, 0.3) is 0 Å². The molecular formula is C15H22BrNO2. The third kappa shape index (κ3) is 3.57. The summed E-state index contributed by atoms with van der Waals surface area (Å²) >= 11 is 3.59. The lowest BCUT2D eigenvalue weighted by Crippen LogP contribution is -2.40. The van der Waals surface area contributed by atoms with Crippen LogP contribution in [0.3, 0.4) is 0 Å². The van der Waals surface area contributed by atoms with E-state index < -0.39 is 0 Å². The van der Waals surface area contributed by atoms with Crippen molar-refractivity contribution in [2.75, 3.05) is 26.4 Å². The van der Waals surface area contributed by atoms with Gasteiger partial charge in [0.15, 0.2) is 0 Å². The number of hydrogen-bond acceptors (Lipinski definition) is 3. The van der Waals surface area contributed by atoms with Crippen LogP contribution in [0.2, 0.25) is 0 Å². The van der Waals surface area contributed by atoms with Crippen LogP contribution in [0.15, 0.2) is 16.6 Å². The van der Waals surface area contributed by atoms with E-state index in [0.29, 0.717) is 19.8 Å². The number of halogens is 1. The van der Waals surface area contributed by atoms with Gasteiger partial charge in [0.25, 0.3) is 0 Å². The zero-order valence-electron chi connectivity index (χ0n) is 11.8. The quantitative estimate of drug-likeness (QED) is 0.921. The molecule has 1 aromatic carbocycles. The minimum absolute atomic E-state index is 0.0907. The van der Waals surface area contributed by atoms with E-state index in [1.807, 2.05) is 0 Å². The number of aryl methyl sites for hydroxylation is 2. The maximum absolute atomic E-state index is 5.87. The largest absolute Gasteiger partial charge is 0.376 e. The lowest BCUT2D eigenvalue weighted by molar-refractivity contribution is -0.102. The van der Waals surface area contributed by atoms with Crippen LogP contribution in [-0.4, -0.2) is 32.5 Å². The summed E-state index contributed by atoms with van der Waals surface area (Å²) in [6.45, 7) is 9.35. The molecule has 4 heteroatoms.